The van der Waals surface area contributed by atoms with E-state index in [9.17, 15) is 4.79 Å². The summed E-state index contributed by atoms with van der Waals surface area (Å²) in [6.07, 6.45) is 1.73. The van der Waals surface area contributed by atoms with Gasteiger partial charge in [-0.05, 0) is 35.9 Å². The fourth-order valence-electron chi connectivity index (χ4n) is 3.41. The average molecular weight is 491 g/mol. The lowest BCUT2D eigenvalue weighted by atomic mass is 10.1. The fraction of sp³-hybridized carbons (Fsp3) is 0.286. The van der Waals surface area contributed by atoms with Crippen molar-refractivity contribution in [2.45, 2.75) is 13.5 Å². The molecule has 0 radical (unpaired) electrons. The van der Waals surface area contributed by atoms with Crippen molar-refractivity contribution in [3.8, 4) is 0 Å². The summed E-state index contributed by atoms with van der Waals surface area (Å²) < 4.78 is 6.30. The Labute approximate surface area is 187 Å². The third-order valence-electron chi connectivity index (χ3n) is 4.68. The Morgan fingerprint density at radius 2 is 1.97 bits per heavy atom. The molecule has 7 nitrogen and oxygen atoms in total. The largest absolute Gasteiger partial charge is 0.379 e. The van der Waals surface area contributed by atoms with Gasteiger partial charge in [-0.2, -0.15) is 0 Å². The van der Waals surface area contributed by atoms with Gasteiger partial charge in [0.2, 0.25) is 11.9 Å². The fourth-order valence-corrected chi connectivity index (χ4v) is 4.28. The number of carbonyl (C=O) groups excluding carboxylic acids is 1. The molecule has 2 heterocycles. The van der Waals surface area contributed by atoms with Gasteiger partial charge in [0.25, 0.3) is 0 Å². The van der Waals surface area contributed by atoms with Crippen LogP contribution in [-0.4, -0.2) is 47.1 Å². The normalized spacial score (nSPS) is 14.6. The third-order valence-corrected chi connectivity index (χ3v) is 5.43. The Balaban J connectivity index is 1.62. The topological polar surface area (TPSA) is 79.4 Å². The van der Waals surface area contributed by atoms with E-state index in [1.807, 2.05) is 24.3 Å². The molecule has 2 N–H and O–H groups in total. The predicted octanol–water partition coefficient (Wildman–Crippen LogP) is 4.58. The number of fused-ring (bicyclic) bond motifs is 1. The zero-order chi connectivity index (χ0) is 21.1. The molecule has 0 bridgehead atoms. The van der Waals surface area contributed by atoms with Crippen LogP contribution in [0.15, 0.2) is 41.0 Å². The summed E-state index contributed by atoms with van der Waals surface area (Å²) in [5, 5.41) is 7.50. The van der Waals surface area contributed by atoms with Gasteiger partial charge < -0.3 is 15.4 Å². The van der Waals surface area contributed by atoms with Crippen LogP contribution in [0.5, 0.6) is 0 Å². The summed E-state index contributed by atoms with van der Waals surface area (Å²) in [4.78, 5) is 22.9. The van der Waals surface area contributed by atoms with Gasteiger partial charge in [-0.1, -0.05) is 27.5 Å². The molecule has 156 valence electrons. The average Bonchev–Trinajstić information content (AvgIpc) is 2.68. The highest BCUT2D eigenvalue weighted by Gasteiger charge is 2.13. The Morgan fingerprint density at radius 1 is 1.20 bits per heavy atom. The minimum Gasteiger partial charge on any atom is -0.379 e. The minimum atomic E-state index is -0.121. The molecule has 2 aromatic carbocycles. The minimum absolute atomic E-state index is 0.121. The number of anilines is 3. The Bertz CT molecular complexity index is 1090. The molecule has 0 atom stereocenters. The number of benzene rings is 2. The zero-order valence-corrected chi connectivity index (χ0v) is 18.8. The lowest BCUT2D eigenvalue weighted by Gasteiger charge is -2.27. The number of aromatic nitrogens is 2. The second-order valence-electron chi connectivity index (χ2n) is 7.13. The molecule has 30 heavy (non-hydrogen) atoms. The number of hydrogen-bond acceptors (Lipinski definition) is 6. The van der Waals surface area contributed by atoms with E-state index in [2.05, 4.69) is 41.4 Å². The molecule has 0 saturated carbocycles. The molecule has 9 heteroatoms. The van der Waals surface area contributed by atoms with Crippen LogP contribution in [0.4, 0.5) is 17.3 Å². The van der Waals surface area contributed by atoms with Crippen molar-refractivity contribution in [2.24, 2.45) is 0 Å². The van der Waals surface area contributed by atoms with E-state index in [0.717, 1.165) is 59.6 Å². The van der Waals surface area contributed by atoms with Crippen LogP contribution in [0.2, 0.25) is 5.02 Å². The van der Waals surface area contributed by atoms with Crippen molar-refractivity contribution >= 4 is 61.7 Å². The number of carbonyl (C=O) groups is 1. The third kappa shape index (κ3) is 5.26. The summed E-state index contributed by atoms with van der Waals surface area (Å²) in [6.45, 7) is 5.50. The number of hydrogen-bond donors (Lipinski definition) is 2. The van der Waals surface area contributed by atoms with E-state index in [4.69, 9.17) is 16.3 Å². The second kappa shape index (κ2) is 9.26. The molecular weight excluding hydrogens is 470 g/mol. The van der Waals surface area contributed by atoms with Gasteiger partial charge >= 0.3 is 0 Å². The predicted molar refractivity (Wildman–Crippen MR) is 122 cm³/mol. The smallest absolute Gasteiger partial charge is 0.227 e. The lowest BCUT2D eigenvalue weighted by molar-refractivity contribution is -0.114. The van der Waals surface area contributed by atoms with Gasteiger partial charge in [-0.3, -0.25) is 9.69 Å². The molecule has 1 fully saturated rings. The molecule has 1 amide bonds. The van der Waals surface area contributed by atoms with Crippen molar-refractivity contribution in [1.29, 1.82) is 0 Å². The summed E-state index contributed by atoms with van der Waals surface area (Å²) >= 11 is 9.77. The van der Waals surface area contributed by atoms with Crippen LogP contribution < -0.4 is 10.6 Å². The number of amides is 1. The van der Waals surface area contributed by atoms with Gasteiger partial charge in [-0.25, -0.2) is 9.97 Å². The first-order valence-corrected chi connectivity index (χ1v) is 10.7. The highest BCUT2D eigenvalue weighted by atomic mass is 79.9. The monoisotopic (exact) mass is 489 g/mol. The van der Waals surface area contributed by atoms with Gasteiger partial charge in [0.05, 0.1) is 23.8 Å². The number of halogens is 2. The molecule has 0 aliphatic carbocycles. The zero-order valence-electron chi connectivity index (χ0n) is 16.4. The van der Waals surface area contributed by atoms with Crippen LogP contribution in [0.1, 0.15) is 12.5 Å². The maximum absolute atomic E-state index is 11.6. The van der Waals surface area contributed by atoms with E-state index >= 15 is 0 Å². The quantitative estimate of drug-likeness (QED) is 0.545. The van der Waals surface area contributed by atoms with Crippen molar-refractivity contribution in [2.75, 3.05) is 36.9 Å². The van der Waals surface area contributed by atoms with Crippen LogP contribution in [-0.2, 0) is 16.1 Å². The Morgan fingerprint density at radius 3 is 2.73 bits per heavy atom. The van der Waals surface area contributed by atoms with Gasteiger partial charge in [0.1, 0.15) is 0 Å². The van der Waals surface area contributed by atoms with Crippen LogP contribution in [0.3, 0.4) is 0 Å². The van der Waals surface area contributed by atoms with E-state index in [0.29, 0.717) is 16.5 Å². The van der Waals surface area contributed by atoms with E-state index in [-0.39, 0.29) is 5.91 Å². The number of ether oxygens (including phenoxy) is 1. The highest BCUT2D eigenvalue weighted by Crippen LogP contribution is 2.28. The standard InChI is InChI=1S/C21H21BrClN5O2/c1-13(29)25-17-6-14(12-28-2-4-30-5-3-28)7-18(10-17)26-21-24-11-15-8-16(22)9-19(23)20(15)27-21/h6-11H,2-5,12H2,1H3,(H,25,29)(H,24,26,27). The Kier molecular flexibility index (Phi) is 6.48. The van der Waals surface area contributed by atoms with Gasteiger partial charge in [0, 0.05) is 54.0 Å². The van der Waals surface area contributed by atoms with Crippen LogP contribution in [0, 0.1) is 0 Å². The molecule has 3 aromatic rings. The molecular formula is C21H21BrClN5O2. The maximum Gasteiger partial charge on any atom is 0.227 e. The second-order valence-corrected chi connectivity index (χ2v) is 8.46. The number of nitrogens with one attached hydrogen (secondary N) is 2. The van der Waals surface area contributed by atoms with E-state index in [1.54, 1.807) is 12.3 Å². The molecule has 4 rings (SSSR count). The summed E-state index contributed by atoms with van der Waals surface area (Å²) in [7, 11) is 0. The summed E-state index contributed by atoms with van der Waals surface area (Å²) in [5.41, 5.74) is 3.26. The number of rotatable bonds is 5. The number of nitrogens with zero attached hydrogens (tertiary/aromatic N) is 3. The summed E-state index contributed by atoms with van der Waals surface area (Å²) in [5.74, 6) is 0.313. The first kappa shape index (κ1) is 21.0. The molecule has 1 saturated heterocycles. The molecule has 1 aliphatic heterocycles. The van der Waals surface area contributed by atoms with E-state index in [1.165, 1.54) is 6.92 Å². The van der Waals surface area contributed by atoms with Crippen LogP contribution >= 0.6 is 27.5 Å². The van der Waals surface area contributed by atoms with Crippen molar-refractivity contribution in [3.63, 3.8) is 0 Å². The highest BCUT2D eigenvalue weighted by molar-refractivity contribution is 9.10. The molecule has 0 unspecified atom stereocenters. The van der Waals surface area contributed by atoms with Gasteiger partial charge in [-0.15, -0.1) is 0 Å². The first-order chi connectivity index (χ1) is 14.5. The molecule has 1 aliphatic rings. The summed E-state index contributed by atoms with van der Waals surface area (Å²) in [6, 6.07) is 9.61. The van der Waals surface area contributed by atoms with Crippen molar-refractivity contribution in [3.05, 3.63) is 51.6 Å². The van der Waals surface area contributed by atoms with Gasteiger partial charge in [0.15, 0.2) is 0 Å². The molecule has 1 aromatic heterocycles. The Hall–Kier alpha value is -2.26. The lowest BCUT2D eigenvalue weighted by Crippen LogP contribution is -2.35. The van der Waals surface area contributed by atoms with Crippen LogP contribution in [0.25, 0.3) is 10.9 Å². The van der Waals surface area contributed by atoms with Crippen molar-refractivity contribution in [1.82, 2.24) is 14.9 Å². The maximum atomic E-state index is 11.6. The molecule has 0 spiro atoms. The SMILES string of the molecule is CC(=O)Nc1cc(CN2CCOCC2)cc(Nc2ncc3cc(Br)cc(Cl)c3n2)c1. The number of morpholine rings is 1. The van der Waals surface area contributed by atoms with Crippen molar-refractivity contribution < 1.29 is 9.53 Å². The van der Waals surface area contributed by atoms with E-state index < -0.39 is 0 Å². The first-order valence-electron chi connectivity index (χ1n) is 9.57.